The van der Waals surface area contributed by atoms with Crippen LogP contribution in [-0.2, 0) is 115 Å². The second kappa shape index (κ2) is 60.4. The number of aliphatic hydroxyl groups is 4. The van der Waals surface area contributed by atoms with Crippen LogP contribution in [0.5, 0.6) is 11.5 Å². The van der Waals surface area contributed by atoms with Crippen LogP contribution in [0.3, 0.4) is 0 Å². The molecule has 2 aliphatic heterocycles. The van der Waals surface area contributed by atoms with Crippen LogP contribution >= 0.6 is 0 Å². The van der Waals surface area contributed by atoms with Crippen LogP contribution in [0.15, 0.2) is 187 Å². The van der Waals surface area contributed by atoms with Crippen molar-refractivity contribution < 1.29 is 126 Å². The number of aliphatic hydroxyl groups excluding tert-OH is 4. The Morgan fingerprint density at radius 1 is 0.463 bits per heavy atom. The summed E-state index contributed by atoms with van der Waals surface area (Å²) in [7, 11) is 1.05. The third-order valence-electron chi connectivity index (χ3n) is 23.8. The molecule has 0 radical (unpaired) electrons. The number of hydrogen-bond donors (Lipinski definition) is 22. The number of aromatic hydroxyl groups is 2. The smallest absolute Gasteiger partial charge is 0.331 e. The standard InChI is InChI=1S/C106H139N17O26/c1-12-14-18-30-69-31-24-25-32-70(69)38-44-88(133)120-92-64(10)149-106(147)83(58-125)118-97(138)81(55-86(108)131)116-101(142)89(61(7)126)121-98(139)78(50-65-26-20-16-21-27-65)111-93(134)75(48-59(3)4)110-95(136)77(52-67-34-40-73(128)41-35-67)114-103(144)91(119-87(132)45-39-71-46-47-109-56-72(71)33-19-15-13-2)63(9)148-105(146)82(57-124)117-96(137)80(54-85(107)130)115-102(143)90(62(8)127)122-99(140)79(51-66-28-22-17-23-29-66)112-94(135)76(49-60(5)6)113-100(141)84(123(11)104(92)145)53-68-36-42-74(129)43-37-68/h16-44,46-47,53,59-64,72,75-83,89-92,109,124-129H,12-15,45,48-52,54-58H2,1-11H3,(H2,107,130)(H2,108,131)(H,110,136)(H,111,134)(H,112,135)(H,113,141)(H,114,144)(H,115,143)(H,116,142)(H,117,137)(H,118,138)(H,119,132)(H,120,133)(H,121,139)(H,122,140)/b30-18-,33-19-,44-38+,71-39?,84-53+/t61-,62-,63+,64+,72+,75-,76-,77+,78+,79+,80-,81-,82-,83-,89-,90-,91-,92-/m0/s1. The molecule has 1 fully saturated rings. The van der Waals surface area contributed by atoms with Crippen molar-refractivity contribution in [3.05, 3.63) is 221 Å². The van der Waals surface area contributed by atoms with E-state index in [9.17, 15) is 78.6 Å². The van der Waals surface area contributed by atoms with Crippen molar-refractivity contribution in [3.8, 4) is 11.5 Å². The molecule has 43 heteroatoms. The highest BCUT2D eigenvalue weighted by molar-refractivity contribution is 6.06. The number of allylic oxidation sites excluding steroid dienone is 3. The predicted octanol–water partition coefficient (Wildman–Crippen LogP) is 0.326. The summed E-state index contributed by atoms with van der Waals surface area (Å²) in [5, 5.41) is 100. The van der Waals surface area contributed by atoms with Gasteiger partial charge in [-0.25, -0.2) is 9.59 Å². The molecule has 149 heavy (non-hydrogen) atoms. The van der Waals surface area contributed by atoms with Crippen LogP contribution in [0, 0.1) is 17.8 Å². The summed E-state index contributed by atoms with van der Waals surface area (Å²) in [6, 6.07) is 7.35. The average molecular weight is 2070 g/mol. The number of primary amides is 2. The summed E-state index contributed by atoms with van der Waals surface area (Å²) >= 11 is 0. The summed E-state index contributed by atoms with van der Waals surface area (Å²) in [4.78, 5) is 266. The molecule has 0 aromatic heterocycles. The molecule has 18 atom stereocenters. The summed E-state index contributed by atoms with van der Waals surface area (Å²) in [5.74, 6) is -24.4. The lowest BCUT2D eigenvalue weighted by Crippen LogP contribution is -2.63. The van der Waals surface area contributed by atoms with Gasteiger partial charge in [0.25, 0.3) is 11.8 Å². The Balaban J connectivity index is 1.38. The third kappa shape index (κ3) is 39.5. The van der Waals surface area contributed by atoms with Crippen molar-refractivity contribution in [1.82, 2.24) is 79.3 Å². The zero-order valence-electron chi connectivity index (χ0n) is 85.1. The number of benzene rings is 5. The molecule has 2 aliphatic rings. The molecule has 24 N–H and O–H groups in total. The van der Waals surface area contributed by atoms with E-state index in [-0.39, 0.29) is 41.4 Å². The fourth-order valence-electron chi connectivity index (χ4n) is 15.7. The number of phenolic OH excluding ortho intramolecular Hbond substituents is 2. The second-order valence-electron chi connectivity index (χ2n) is 37.1. The van der Waals surface area contributed by atoms with Crippen LogP contribution in [-0.4, -0.2) is 272 Å². The minimum Gasteiger partial charge on any atom is -0.508 e. The van der Waals surface area contributed by atoms with E-state index in [4.69, 9.17) is 20.9 Å². The van der Waals surface area contributed by atoms with E-state index in [0.717, 1.165) is 66.2 Å². The van der Waals surface area contributed by atoms with Crippen LogP contribution in [0.1, 0.15) is 160 Å². The van der Waals surface area contributed by atoms with Gasteiger partial charge >= 0.3 is 11.9 Å². The van der Waals surface area contributed by atoms with Crippen LogP contribution < -0.4 is 85.9 Å². The summed E-state index contributed by atoms with van der Waals surface area (Å²) in [6.07, 6.45) is 7.27. The lowest BCUT2D eigenvalue weighted by molar-refractivity contribution is -0.158. The van der Waals surface area contributed by atoms with Crippen molar-refractivity contribution in [3.63, 3.8) is 0 Å². The lowest BCUT2D eigenvalue weighted by atomic mass is 9.94. The number of ether oxygens (including phenoxy) is 2. The summed E-state index contributed by atoms with van der Waals surface area (Å²) in [6.45, 7) is 12.6. The SMILES string of the molecule is CCC/C=C\c1ccccc1/C=C/C(=O)N[C@@H]1C(=O)N(C)/C(=C/c2ccc(O)cc2)C(=O)N[C@@H](CC(C)C)C(=O)N[C@H](Cc2ccccc2)C(=O)N[C@@H]([C@H](C)O)C(=O)N[C@@H](CC(N)=O)C(=O)N[C@@H](CO)C(=O)O[C@H](C)[C@H](NC(=O)CC=C2C=CNC[C@H]2/C=C\CCC)C(=O)N[C@H](Cc2ccc(O)cc2)C(=O)N[C@@H](CC(C)C)C(=O)N[C@H](Cc2ccccc2)C(=O)N[C@@H]([C@H](C)O)C(=O)N[C@@H](CC(N)=O)C(=O)N[C@@H](CO)C(=O)O[C@@H]1C. The molecule has 5 aromatic rings. The Kier molecular flexibility index (Phi) is 48.7. The van der Waals surface area contributed by atoms with Crippen LogP contribution in [0.25, 0.3) is 18.2 Å². The molecule has 0 bridgehead atoms. The maximum absolute atomic E-state index is 15.7. The molecule has 43 nitrogen and oxygen atoms in total. The first kappa shape index (κ1) is 120. The predicted molar refractivity (Wildman–Crippen MR) is 548 cm³/mol. The van der Waals surface area contributed by atoms with Gasteiger partial charge in [0.2, 0.25) is 82.7 Å². The van der Waals surface area contributed by atoms with Gasteiger partial charge in [-0.1, -0.05) is 194 Å². The van der Waals surface area contributed by atoms with Crippen molar-refractivity contribution in [2.45, 2.75) is 249 Å². The molecule has 0 spiro atoms. The van der Waals surface area contributed by atoms with E-state index in [0.29, 0.717) is 45.7 Å². The molecule has 804 valence electrons. The van der Waals surface area contributed by atoms with Crippen molar-refractivity contribution in [2.24, 2.45) is 29.2 Å². The van der Waals surface area contributed by atoms with E-state index < -0.39 is 279 Å². The van der Waals surface area contributed by atoms with Gasteiger partial charge in [-0.3, -0.25) is 76.7 Å². The monoisotopic (exact) mass is 2070 g/mol. The van der Waals surface area contributed by atoms with Gasteiger partial charge in [0.15, 0.2) is 12.1 Å². The number of hydrogen-bond acceptors (Lipinski definition) is 27. The second-order valence-corrected chi connectivity index (χ2v) is 37.1. The van der Waals surface area contributed by atoms with Gasteiger partial charge in [-0.15, -0.1) is 0 Å². The third-order valence-corrected chi connectivity index (χ3v) is 23.8. The van der Waals surface area contributed by atoms with Crippen molar-refractivity contribution in [1.29, 1.82) is 0 Å². The van der Waals surface area contributed by atoms with Gasteiger partial charge in [-0.2, -0.15) is 0 Å². The first-order valence-electron chi connectivity index (χ1n) is 49.1. The molecule has 0 aliphatic carbocycles. The van der Waals surface area contributed by atoms with Gasteiger partial charge < -0.3 is 131 Å². The maximum atomic E-state index is 15.7. The van der Waals surface area contributed by atoms with Crippen LogP contribution in [0.2, 0.25) is 0 Å². The van der Waals surface area contributed by atoms with E-state index in [2.05, 4.69) is 74.4 Å². The molecule has 0 unspecified atom stereocenters. The quantitative estimate of drug-likeness (QED) is 0.0161. The molecule has 7 rings (SSSR count). The molecular formula is C106H139N17O26. The summed E-state index contributed by atoms with van der Waals surface area (Å²) < 4.78 is 11.6. The number of rotatable bonds is 31. The Morgan fingerprint density at radius 2 is 0.859 bits per heavy atom. The number of unbranched alkanes of at least 4 members (excludes halogenated alkanes) is 2. The number of carbonyl (C=O) groups excluding carboxylic acids is 18. The number of carbonyl (C=O) groups is 18. The topological polar surface area (TPSA) is 671 Å². The fourth-order valence-corrected chi connectivity index (χ4v) is 15.7. The normalized spacial score (nSPS) is 24.5. The van der Waals surface area contributed by atoms with E-state index in [1.807, 2.05) is 38.2 Å². The fraction of sp³-hybridized carbons (Fsp3) is 0.434. The Morgan fingerprint density at radius 3 is 1.32 bits per heavy atom. The number of phenols is 2. The average Bonchev–Trinajstić information content (AvgIpc) is 0.798. The maximum Gasteiger partial charge on any atom is 0.331 e. The van der Waals surface area contributed by atoms with E-state index in [1.165, 1.54) is 54.6 Å². The highest BCUT2D eigenvalue weighted by atomic mass is 16.6. The number of esters is 2. The van der Waals surface area contributed by atoms with Crippen LogP contribution in [0.4, 0.5) is 0 Å². The zero-order valence-corrected chi connectivity index (χ0v) is 85.1. The van der Waals surface area contributed by atoms with Gasteiger partial charge in [0.1, 0.15) is 95.9 Å². The van der Waals surface area contributed by atoms with Gasteiger partial charge in [-0.05, 0) is 153 Å². The summed E-state index contributed by atoms with van der Waals surface area (Å²) in [5.41, 5.74) is 13.6. The molecule has 0 saturated carbocycles. The Hall–Kier alpha value is -15.8. The van der Waals surface area contributed by atoms with Crippen molar-refractivity contribution in [2.75, 3.05) is 26.8 Å². The number of amides is 16. The minimum absolute atomic E-state index is 0.106. The molecule has 5 aromatic carbocycles. The highest BCUT2D eigenvalue weighted by Crippen LogP contribution is 2.24. The van der Waals surface area contributed by atoms with E-state index in [1.54, 1.807) is 131 Å². The Bertz CT molecular complexity index is 5660. The van der Waals surface area contributed by atoms with Crippen molar-refractivity contribution >= 4 is 125 Å². The molecule has 16 amide bonds. The first-order valence-corrected chi connectivity index (χ1v) is 49.1. The largest absolute Gasteiger partial charge is 0.508 e. The lowest BCUT2D eigenvalue weighted by Gasteiger charge is -2.31. The number of nitrogens with two attached hydrogens (primary N) is 2. The minimum atomic E-state index is -2.21. The number of cyclic esters (lactones) is 2. The Labute approximate surface area is 863 Å². The molecule has 1 saturated heterocycles. The zero-order chi connectivity index (χ0) is 110. The first-order chi connectivity index (χ1) is 70.8. The number of nitrogens with one attached hydrogen (secondary N) is 14. The van der Waals surface area contributed by atoms with E-state index >= 15 is 38.4 Å². The number of likely N-dealkylation sites (N-methyl/N-ethyl adjacent to an activating group) is 1. The highest BCUT2D eigenvalue weighted by Gasteiger charge is 2.43. The molecular weight excluding hydrogens is 1930 g/mol. The molecule has 2 heterocycles. The van der Waals surface area contributed by atoms with Gasteiger partial charge in [0, 0.05) is 51.3 Å². The number of nitrogens with zero attached hydrogens (tertiary/aromatic N) is 1. The van der Waals surface area contributed by atoms with Gasteiger partial charge in [0.05, 0.1) is 38.3 Å².